The van der Waals surface area contributed by atoms with Crippen LogP contribution in [0.4, 0.5) is 5.82 Å². The summed E-state index contributed by atoms with van der Waals surface area (Å²) in [5, 5.41) is 3.26. The van der Waals surface area contributed by atoms with Crippen LogP contribution in [0, 0.1) is 0 Å². The minimum atomic E-state index is -3.62. The van der Waals surface area contributed by atoms with Crippen molar-refractivity contribution in [1.29, 1.82) is 0 Å². The summed E-state index contributed by atoms with van der Waals surface area (Å²) in [6.07, 6.45) is 1.54. The number of aromatic nitrogens is 1. The first-order valence-electron chi connectivity index (χ1n) is 6.80. The molecular weight excluding hydrogens is 286 g/mol. The maximum atomic E-state index is 12.4. The van der Waals surface area contributed by atoms with Crippen LogP contribution in [-0.4, -0.2) is 19.9 Å². The van der Waals surface area contributed by atoms with Crippen molar-refractivity contribution in [3.05, 3.63) is 54.2 Å². The Kier molecular flexibility index (Phi) is 4.93. The van der Waals surface area contributed by atoms with E-state index in [-0.39, 0.29) is 10.9 Å². The molecule has 2 aromatic rings. The van der Waals surface area contributed by atoms with E-state index in [9.17, 15) is 8.42 Å². The van der Waals surface area contributed by atoms with Crippen molar-refractivity contribution in [3.63, 3.8) is 0 Å². The average Bonchev–Trinajstić information content (AvgIpc) is 2.48. The van der Waals surface area contributed by atoms with Crippen LogP contribution in [0.1, 0.15) is 25.5 Å². The highest BCUT2D eigenvalue weighted by atomic mass is 32.2. The third kappa shape index (κ3) is 4.03. The van der Waals surface area contributed by atoms with Gasteiger partial charge in [-0.05, 0) is 43.3 Å². The first kappa shape index (κ1) is 15.5. The molecule has 0 aliphatic heterocycles. The Morgan fingerprint density at radius 1 is 1.19 bits per heavy atom. The van der Waals surface area contributed by atoms with Gasteiger partial charge in [0.05, 0.1) is 4.90 Å². The molecule has 1 heterocycles. The maximum absolute atomic E-state index is 12.4. The molecular formula is C15H19N3O2S. The quantitative estimate of drug-likeness (QED) is 0.860. The smallest absolute Gasteiger partial charge is 0.263 e. The molecule has 0 saturated heterocycles. The van der Waals surface area contributed by atoms with Gasteiger partial charge < -0.3 is 5.32 Å². The number of anilines is 1. The van der Waals surface area contributed by atoms with Crippen molar-refractivity contribution in [2.45, 2.75) is 24.8 Å². The first-order chi connectivity index (χ1) is 10.0. The SMILES string of the molecule is CCNC(C)c1cccc(S(=O)(=O)Nc2ccccn2)c1. The Morgan fingerprint density at radius 3 is 2.67 bits per heavy atom. The number of sulfonamides is 1. The van der Waals surface area contributed by atoms with E-state index in [1.165, 1.54) is 0 Å². The third-order valence-electron chi connectivity index (χ3n) is 3.08. The van der Waals surface area contributed by atoms with Gasteiger partial charge >= 0.3 is 0 Å². The van der Waals surface area contributed by atoms with E-state index in [1.807, 2.05) is 19.9 Å². The number of pyridine rings is 1. The average molecular weight is 305 g/mol. The van der Waals surface area contributed by atoms with E-state index in [1.54, 1.807) is 42.6 Å². The van der Waals surface area contributed by atoms with Crippen LogP contribution >= 0.6 is 0 Å². The number of nitrogens with zero attached hydrogens (tertiary/aromatic N) is 1. The van der Waals surface area contributed by atoms with Gasteiger partial charge in [0.2, 0.25) is 0 Å². The highest BCUT2D eigenvalue weighted by molar-refractivity contribution is 7.92. The summed E-state index contributed by atoms with van der Waals surface area (Å²) >= 11 is 0. The number of rotatable bonds is 6. The standard InChI is InChI=1S/C15H19N3O2S/c1-3-16-12(2)13-7-6-8-14(11-13)21(19,20)18-15-9-4-5-10-17-15/h4-12,16H,3H2,1-2H3,(H,17,18). The molecule has 5 nitrogen and oxygen atoms in total. The fourth-order valence-electron chi connectivity index (χ4n) is 1.99. The Labute approximate surface area is 125 Å². The molecule has 1 aromatic heterocycles. The van der Waals surface area contributed by atoms with E-state index in [0.717, 1.165) is 12.1 Å². The van der Waals surface area contributed by atoms with E-state index in [4.69, 9.17) is 0 Å². The van der Waals surface area contributed by atoms with Gasteiger partial charge in [0.15, 0.2) is 0 Å². The van der Waals surface area contributed by atoms with Crippen molar-refractivity contribution in [1.82, 2.24) is 10.3 Å². The Hall–Kier alpha value is -1.92. The lowest BCUT2D eigenvalue weighted by Crippen LogP contribution is -2.19. The lowest BCUT2D eigenvalue weighted by Gasteiger charge is -2.14. The molecule has 6 heteroatoms. The molecule has 2 rings (SSSR count). The number of hydrogen-bond donors (Lipinski definition) is 2. The molecule has 1 unspecified atom stereocenters. The summed E-state index contributed by atoms with van der Waals surface area (Å²) in [6, 6.07) is 12.1. The summed E-state index contributed by atoms with van der Waals surface area (Å²) in [7, 11) is -3.62. The summed E-state index contributed by atoms with van der Waals surface area (Å²) in [5.41, 5.74) is 0.931. The zero-order valence-electron chi connectivity index (χ0n) is 12.1. The van der Waals surface area contributed by atoms with E-state index in [0.29, 0.717) is 5.82 Å². The Balaban J connectivity index is 2.26. The molecule has 0 aliphatic rings. The van der Waals surface area contributed by atoms with E-state index in [2.05, 4.69) is 15.0 Å². The fraction of sp³-hybridized carbons (Fsp3) is 0.267. The Bertz CT molecular complexity index is 687. The van der Waals surface area contributed by atoms with Crippen LogP contribution in [-0.2, 0) is 10.0 Å². The van der Waals surface area contributed by atoms with Crippen molar-refractivity contribution < 1.29 is 8.42 Å². The van der Waals surface area contributed by atoms with Crippen LogP contribution in [0.25, 0.3) is 0 Å². The third-order valence-corrected chi connectivity index (χ3v) is 4.43. The van der Waals surface area contributed by atoms with Gasteiger partial charge in [-0.2, -0.15) is 0 Å². The van der Waals surface area contributed by atoms with Gasteiger partial charge in [0, 0.05) is 12.2 Å². The molecule has 0 amide bonds. The molecule has 2 N–H and O–H groups in total. The molecule has 0 aliphatic carbocycles. The van der Waals surface area contributed by atoms with Gasteiger partial charge in [-0.15, -0.1) is 0 Å². The van der Waals surface area contributed by atoms with Crippen molar-refractivity contribution in [3.8, 4) is 0 Å². The highest BCUT2D eigenvalue weighted by Crippen LogP contribution is 2.19. The summed E-state index contributed by atoms with van der Waals surface area (Å²) < 4.78 is 27.2. The lowest BCUT2D eigenvalue weighted by molar-refractivity contribution is 0.592. The summed E-state index contributed by atoms with van der Waals surface area (Å²) in [4.78, 5) is 4.21. The topological polar surface area (TPSA) is 71.1 Å². The van der Waals surface area contributed by atoms with E-state index < -0.39 is 10.0 Å². The van der Waals surface area contributed by atoms with Crippen molar-refractivity contribution in [2.24, 2.45) is 0 Å². The second-order valence-electron chi connectivity index (χ2n) is 4.67. The second kappa shape index (κ2) is 6.69. The molecule has 112 valence electrons. The van der Waals surface area contributed by atoms with Crippen molar-refractivity contribution in [2.75, 3.05) is 11.3 Å². The zero-order valence-corrected chi connectivity index (χ0v) is 12.9. The van der Waals surface area contributed by atoms with Gasteiger partial charge in [0.1, 0.15) is 5.82 Å². The molecule has 0 bridgehead atoms. The molecule has 0 fully saturated rings. The Morgan fingerprint density at radius 2 is 2.00 bits per heavy atom. The summed E-state index contributed by atoms with van der Waals surface area (Å²) in [5.74, 6) is 0.308. The maximum Gasteiger partial charge on any atom is 0.263 e. The molecule has 21 heavy (non-hydrogen) atoms. The van der Waals surface area contributed by atoms with Crippen LogP contribution in [0.2, 0.25) is 0 Å². The van der Waals surface area contributed by atoms with Gasteiger partial charge in [-0.3, -0.25) is 4.72 Å². The van der Waals surface area contributed by atoms with Crippen LogP contribution < -0.4 is 10.0 Å². The monoisotopic (exact) mass is 305 g/mol. The number of benzene rings is 1. The number of nitrogens with one attached hydrogen (secondary N) is 2. The van der Waals surface area contributed by atoms with Gasteiger partial charge in [0.25, 0.3) is 10.0 Å². The normalized spacial score (nSPS) is 12.9. The first-order valence-corrected chi connectivity index (χ1v) is 8.28. The lowest BCUT2D eigenvalue weighted by atomic mass is 10.1. The van der Waals surface area contributed by atoms with Crippen LogP contribution in [0.15, 0.2) is 53.6 Å². The molecule has 1 aromatic carbocycles. The predicted octanol–water partition coefficient (Wildman–Crippen LogP) is 2.55. The highest BCUT2D eigenvalue weighted by Gasteiger charge is 2.16. The predicted molar refractivity (Wildman–Crippen MR) is 83.6 cm³/mol. The molecule has 1 atom stereocenters. The van der Waals surface area contributed by atoms with Crippen LogP contribution in [0.3, 0.4) is 0 Å². The van der Waals surface area contributed by atoms with Crippen molar-refractivity contribution >= 4 is 15.8 Å². The van der Waals surface area contributed by atoms with E-state index >= 15 is 0 Å². The molecule has 0 radical (unpaired) electrons. The van der Waals surface area contributed by atoms with Gasteiger partial charge in [-0.25, -0.2) is 13.4 Å². The second-order valence-corrected chi connectivity index (χ2v) is 6.35. The number of hydrogen-bond acceptors (Lipinski definition) is 4. The molecule has 0 spiro atoms. The zero-order chi connectivity index (χ0) is 15.3. The summed E-state index contributed by atoms with van der Waals surface area (Å²) in [6.45, 7) is 4.84. The minimum absolute atomic E-state index is 0.0972. The minimum Gasteiger partial charge on any atom is -0.310 e. The van der Waals surface area contributed by atoms with Gasteiger partial charge in [-0.1, -0.05) is 25.1 Å². The fourth-order valence-corrected chi connectivity index (χ4v) is 3.06. The van der Waals surface area contributed by atoms with Crippen LogP contribution in [0.5, 0.6) is 0 Å². The largest absolute Gasteiger partial charge is 0.310 e. The molecule has 0 saturated carbocycles.